The Morgan fingerprint density at radius 1 is 1.41 bits per heavy atom. The number of nitrogen functional groups attached to an aromatic ring is 1. The monoisotopic (exact) mass is 609 g/mol. The van der Waals surface area contributed by atoms with Gasteiger partial charge in [0.1, 0.15) is 22.8 Å². The predicted octanol–water partition coefficient (Wildman–Crippen LogP) is 1.91. The molecule has 12 nitrogen and oxygen atoms in total. The van der Waals surface area contributed by atoms with Crippen LogP contribution < -0.4 is 11.1 Å². The van der Waals surface area contributed by atoms with Crippen molar-refractivity contribution in [1.82, 2.24) is 24.6 Å². The van der Waals surface area contributed by atoms with Crippen LogP contribution in [-0.2, 0) is 25.0 Å². The summed E-state index contributed by atoms with van der Waals surface area (Å²) in [5.74, 6) is -0.967. The average molecular weight is 610 g/mol. The number of amides is 2. The normalized spacial score (nSPS) is 19.6. The molecular formula is C18H17F2N7O5S5. The molecule has 0 bridgehead atoms. The maximum atomic E-state index is 12.9. The Morgan fingerprint density at radius 3 is 2.84 bits per heavy atom. The van der Waals surface area contributed by atoms with E-state index in [4.69, 9.17) is 5.73 Å². The summed E-state index contributed by atoms with van der Waals surface area (Å²) in [6.07, 6.45) is 1.94. The summed E-state index contributed by atoms with van der Waals surface area (Å²) >= 11 is 6.37. The molecule has 37 heavy (non-hydrogen) atoms. The molecule has 4 N–H and O–H groups in total. The molecule has 0 saturated carbocycles. The van der Waals surface area contributed by atoms with Crippen LogP contribution in [0.3, 0.4) is 0 Å². The Morgan fingerprint density at radius 2 is 2.19 bits per heavy atom. The van der Waals surface area contributed by atoms with Gasteiger partial charge in [-0.2, -0.15) is 24.9 Å². The van der Waals surface area contributed by atoms with Gasteiger partial charge in [0, 0.05) is 16.9 Å². The number of hydrogen-bond donors (Lipinski definition) is 3. The zero-order chi connectivity index (χ0) is 26.7. The Kier molecular flexibility index (Phi) is 8.88. The molecule has 0 radical (unpaired) electrons. The van der Waals surface area contributed by atoms with Crippen LogP contribution in [0.1, 0.15) is 11.5 Å². The van der Waals surface area contributed by atoms with Gasteiger partial charge in [0.25, 0.3) is 11.8 Å². The zero-order valence-electron chi connectivity index (χ0n) is 18.6. The van der Waals surface area contributed by atoms with Crippen molar-refractivity contribution in [3.8, 4) is 0 Å². The number of fused-ring (bicyclic) bond motifs is 1. The van der Waals surface area contributed by atoms with E-state index in [1.54, 1.807) is 11.8 Å². The van der Waals surface area contributed by atoms with E-state index in [-0.39, 0.29) is 16.5 Å². The highest BCUT2D eigenvalue weighted by Crippen LogP contribution is 2.41. The van der Waals surface area contributed by atoms with Crippen molar-refractivity contribution < 1.29 is 33.1 Å². The van der Waals surface area contributed by atoms with Crippen LogP contribution in [0.25, 0.3) is 0 Å². The standard InChI is InChI=1S/C18H17F2N7O5S5/c1-33-5-8-23-18(37-26-8)36-3-6-2-34-14-10(13(29)27(14)11(6)15(30)31)24-12(28)9(25-32-16(19)20)7-4-35-17(21)22-7/h4,10,14,16H,2-3,5H2,1H3,(H2,21,22)(H,24,28)(H,30,31)/t10?,14-/m1/s1. The number of carboxylic acid groups (broad SMARTS) is 1. The largest absolute Gasteiger partial charge is 0.477 e. The lowest BCUT2D eigenvalue weighted by Gasteiger charge is -2.49. The molecule has 4 rings (SSSR count). The van der Waals surface area contributed by atoms with Crippen LogP contribution in [0.2, 0.25) is 0 Å². The Bertz CT molecular complexity index is 1270. The van der Waals surface area contributed by atoms with Gasteiger partial charge in [0.2, 0.25) is 0 Å². The van der Waals surface area contributed by atoms with Crippen LogP contribution in [0.4, 0.5) is 13.9 Å². The Hall–Kier alpha value is -2.48. The molecule has 2 atom stereocenters. The van der Waals surface area contributed by atoms with E-state index >= 15 is 0 Å². The SMILES string of the molecule is CSCc1nsc(SCC2=C(C(=O)O)N3C(=O)C(NC(=O)C(=NOC(F)F)c4csc(N)n4)[C@H]3SC2)n1. The first-order valence-corrected chi connectivity index (χ1v) is 15.2. The minimum atomic E-state index is -3.29. The van der Waals surface area contributed by atoms with E-state index in [1.807, 2.05) is 6.26 Å². The second-order valence-corrected chi connectivity index (χ2v) is 12.0. The molecule has 4 heterocycles. The number of thiazole rings is 1. The number of aliphatic carboxylic acids is 1. The minimum Gasteiger partial charge on any atom is -0.477 e. The molecule has 1 fully saturated rings. The van der Waals surface area contributed by atoms with Crippen molar-refractivity contribution in [2.45, 2.75) is 28.1 Å². The number of carbonyl (C=O) groups excluding carboxylic acids is 2. The molecule has 0 aromatic carbocycles. The third-order valence-corrected chi connectivity index (χ3v) is 9.35. The number of β-lactam (4-membered cyclic amide) rings is 1. The molecule has 198 valence electrons. The van der Waals surface area contributed by atoms with Crippen molar-refractivity contribution in [1.29, 1.82) is 0 Å². The van der Waals surface area contributed by atoms with Crippen molar-refractivity contribution in [3.05, 3.63) is 28.2 Å². The summed E-state index contributed by atoms with van der Waals surface area (Å²) in [6, 6.07) is -1.11. The highest BCUT2D eigenvalue weighted by atomic mass is 32.2. The first-order chi connectivity index (χ1) is 17.7. The van der Waals surface area contributed by atoms with E-state index in [2.05, 4.69) is 29.7 Å². The molecule has 2 aliphatic heterocycles. The molecule has 2 amide bonds. The fraction of sp³-hybridized carbons (Fsp3) is 0.389. The topological polar surface area (TPSA) is 173 Å². The van der Waals surface area contributed by atoms with Gasteiger partial charge in [-0.1, -0.05) is 16.9 Å². The number of nitrogens with zero attached hydrogens (tertiary/aromatic N) is 5. The van der Waals surface area contributed by atoms with Gasteiger partial charge in [0.05, 0.1) is 5.75 Å². The zero-order valence-corrected chi connectivity index (χ0v) is 22.7. The number of thioether (sulfide) groups is 3. The van der Waals surface area contributed by atoms with E-state index in [9.17, 15) is 28.3 Å². The molecular weight excluding hydrogens is 593 g/mol. The van der Waals surface area contributed by atoms with Gasteiger partial charge >= 0.3 is 12.6 Å². The molecule has 0 spiro atoms. The summed E-state index contributed by atoms with van der Waals surface area (Å²) in [7, 11) is 0. The highest BCUT2D eigenvalue weighted by molar-refractivity contribution is 8.01. The van der Waals surface area contributed by atoms with Gasteiger partial charge < -0.3 is 21.0 Å². The number of aromatic nitrogens is 3. The minimum absolute atomic E-state index is 0.0666. The van der Waals surface area contributed by atoms with E-state index < -0.39 is 41.5 Å². The number of oxime groups is 1. The van der Waals surface area contributed by atoms with Gasteiger partial charge in [-0.25, -0.2) is 14.8 Å². The predicted molar refractivity (Wildman–Crippen MR) is 138 cm³/mol. The summed E-state index contributed by atoms with van der Waals surface area (Å²) in [4.78, 5) is 51.1. The van der Waals surface area contributed by atoms with Crippen LogP contribution in [0.5, 0.6) is 0 Å². The average Bonchev–Trinajstić information content (AvgIpc) is 3.49. The van der Waals surface area contributed by atoms with Crippen molar-refractivity contribution >= 4 is 86.8 Å². The van der Waals surface area contributed by atoms with Gasteiger partial charge in [-0.3, -0.25) is 14.5 Å². The first kappa shape index (κ1) is 27.6. The number of carboxylic acids is 1. The van der Waals surface area contributed by atoms with E-state index in [0.29, 0.717) is 33.0 Å². The number of hydrogen-bond acceptors (Lipinski definition) is 14. The van der Waals surface area contributed by atoms with Crippen LogP contribution >= 0.6 is 58.2 Å². The lowest BCUT2D eigenvalue weighted by atomic mass is 10.0. The van der Waals surface area contributed by atoms with Gasteiger partial charge in [0.15, 0.2) is 21.0 Å². The van der Waals surface area contributed by atoms with E-state index in [1.165, 1.54) is 40.4 Å². The number of nitrogens with two attached hydrogens (primary N) is 1. The summed E-state index contributed by atoms with van der Waals surface area (Å²) in [5.41, 5.74) is 5.23. The van der Waals surface area contributed by atoms with Crippen LogP contribution in [0, 0.1) is 0 Å². The van der Waals surface area contributed by atoms with Crippen molar-refractivity contribution in [2.75, 3.05) is 23.5 Å². The lowest BCUT2D eigenvalue weighted by Crippen LogP contribution is -2.71. The number of halogens is 2. The maximum Gasteiger partial charge on any atom is 0.407 e. The van der Waals surface area contributed by atoms with Gasteiger partial charge in [-0.05, 0) is 23.4 Å². The fourth-order valence-corrected chi connectivity index (χ4v) is 7.46. The number of rotatable bonds is 11. The lowest BCUT2D eigenvalue weighted by molar-refractivity contribution is -0.150. The number of alkyl halides is 2. The molecule has 2 aliphatic rings. The fourth-order valence-electron chi connectivity index (χ4n) is 3.33. The smallest absolute Gasteiger partial charge is 0.407 e. The third kappa shape index (κ3) is 6.16. The third-order valence-electron chi connectivity index (χ3n) is 4.83. The molecule has 19 heteroatoms. The number of nitrogens with one attached hydrogen (secondary N) is 1. The Balaban J connectivity index is 1.47. The van der Waals surface area contributed by atoms with Crippen LogP contribution in [-0.4, -0.2) is 83.6 Å². The molecule has 1 unspecified atom stereocenters. The molecule has 1 saturated heterocycles. The quantitative estimate of drug-likeness (QED) is 0.146. The summed E-state index contributed by atoms with van der Waals surface area (Å²) in [5, 5.41) is 16.1. The summed E-state index contributed by atoms with van der Waals surface area (Å²) < 4.78 is 30.0. The maximum absolute atomic E-state index is 12.9. The summed E-state index contributed by atoms with van der Waals surface area (Å²) in [6.45, 7) is -3.29. The number of anilines is 1. The second-order valence-electron chi connectivity index (χ2n) is 7.19. The molecule has 2 aromatic rings. The second kappa shape index (κ2) is 11.9. The Labute approximate surface area is 228 Å². The molecule has 2 aromatic heterocycles. The van der Waals surface area contributed by atoms with Gasteiger partial charge in [-0.15, -0.1) is 23.1 Å². The van der Waals surface area contributed by atoms with Crippen molar-refractivity contribution in [2.24, 2.45) is 5.16 Å². The molecule has 0 aliphatic carbocycles. The van der Waals surface area contributed by atoms with Crippen molar-refractivity contribution in [3.63, 3.8) is 0 Å². The highest BCUT2D eigenvalue weighted by Gasteiger charge is 2.54. The number of carbonyl (C=O) groups is 3. The first-order valence-electron chi connectivity index (χ1n) is 10.1. The van der Waals surface area contributed by atoms with E-state index in [0.717, 1.165) is 16.2 Å². The van der Waals surface area contributed by atoms with Crippen LogP contribution in [0.15, 0.2) is 26.1 Å².